The van der Waals surface area contributed by atoms with Crippen molar-refractivity contribution >= 4 is 17.4 Å². The van der Waals surface area contributed by atoms with Crippen LogP contribution in [0.4, 0.5) is 5.82 Å². The van der Waals surface area contributed by atoms with Crippen LogP contribution in [0, 0.1) is 6.92 Å². The third-order valence-corrected chi connectivity index (χ3v) is 2.72. The van der Waals surface area contributed by atoms with Gasteiger partial charge in [-0.05, 0) is 38.0 Å². The summed E-state index contributed by atoms with van der Waals surface area (Å²) in [7, 11) is 0. The number of anilines is 1. The first-order valence-electron chi connectivity index (χ1n) is 4.99. The summed E-state index contributed by atoms with van der Waals surface area (Å²) in [4.78, 5) is 6.62. The number of alkyl halides is 1. The van der Waals surface area contributed by atoms with Crippen LogP contribution in [0.5, 0.6) is 0 Å². The van der Waals surface area contributed by atoms with Gasteiger partial charge in [-0.25, -0.2) is 4.98 Å². The van der Waals surface area contributed by atoms with Crippen LogP contribution in [0.15, 0.2) is 12.3 Å². The fourth-order valence-electron chi connectivity index (χ4n) is 1.43. The van der Waals surface area contributed by atoms with Crippen LogP contribution in [0.2, 0.25) is 0 Å². The van der Waals surface area contributed by atoms with E-state index in [4.69, 9.17) is 11.6 Å². The van der Waals surface area contributed by atoms with Crippen LogP contribution >= 0.6 is 11.6 Å². The van der Waals surface area contributed by atoms with Gasteiger partial charge in [0.1, 0.15) is 5.82 Å². The van der Waals surface area contributed by atoms with E-state index >= 15 is 0 Å². The van der Waals surface area contributed by atoms with Crippen LogP contribution < -0.4 is 4.90 Å². The molecule has 0 N–H and O–H groups in total. The van der Waals surface area contributed by atoms with Crippen LogP contribution in [-0.2, 0) is 5.88 Å². The molecule has 14 heavy (non-hydrogen) atoms. The Balaban J connectivity index is 2.95. The Morgan fingerprint density at radius 2 is 2.00 bits per heavy atom. The van der Waals surface area contributed by atoms with E-state index in [1.165, 1.54) is 5.56 Å². The van der Waals surface area contributed by atoms with E-state index in [0.717, 1.165) is 24.5 Å². The Morgan fingerprint density at radius 1 is 1.36 bits per heavy atom. The van der Waals surface area contributed by atoms with E-state index < -0.39 is 0 Å². The zero-order valence-electron chi connectivity index (χ0n) is 9.05. The average molecular weight is 213 g/mol. The third-order valence-electron chi connectivity index (χ3n) is 2.44. The maximum absolute atomic E-state index is 5.78. The largest absolute Gasteiger partial charge is 0.357 e. The minimum Gasteiger partial charge on any atom is -0.357 e. The molecule has 0 unspecified atom stereocenters. The Kier molecular flexibility index (Phi) is 4.21. The summed E-state index contributed by atoms with van der Waals surface area (Å²) in [5, 5.41) is 0. The highest BCUT2D eigenvalue weighted by atomic mass is 35.5. The Morgan fingerprint density at radius 3 is 2.43 bits per heavy atom. The number of hydrogen-bond acceptors (Lipinski definition) is 2. The molecule has 1 aromatic rings. The van der Waals surface area contributed by atoms with Crippen molar-refractivity contribution in [2.75, 3.05) is 18.0 Å². The van der Waals surface area contributed by atoms with Crippen molar-refractivity contribution in [3.05, 3.63) is 23.4 Å². The molecule has 1 rings (SSSR count). The molecule has 1 aromatic heterocycles. The van der Waals surface area contributed by atoms with Crippen LogP contribution in [0.3, 0.4) is 0 Å². The summed E-state index contributed by atoms with van der Waals surface area (Å²) in [5.41, 5.74) is 2.33. The highest BCUT2D eigenvalue weighted by Crippen LogP contribution is 2.16. The Labute approximate surface area is 90.9 Å². The van der Waals surface area contributed by atoms with Crippen molar-refractivity contribution in [3.8, 4) is 0 Å². The predicted molar refractivity (Wildman–Crippen MR) is 62.1 cm³/mol. The van der Waals surface area contributed by atoms with Crippen LogP contribution in [0.25, 0.3) is 0 Å². The lowest BCUT2D eigenvalue weighted by atomic mass is 10.2. The first-order chi connectivity index (χ1) is 6.72. The van der Waals surface area contributed by atoms with Crippen molar-refractivity contribution in [2.45, 2.75) is 26.7 Å². The molecule has 3 heteroatoms. The maximum Gasteiger partial charge on any atom is 0.128 e. The zero-order chi connectivity index (χ0) is 10.6. The number of hydrogen-bond donors (Lipinski definition) is 0. The molecule has 0 radical (unpaired) electrons. The molecular formula is C11H17ClN2. The number of rotatable bonds is 4. The summed E-state index contributed by atoms with van der Waals surface area (Å²) in [6.45, 7) is 8.32. The van der Waals surface area contributed by atoms with Gasteiger partial charge in [0.25, 0.3) is 0 Å². The molecule has 0 aromatic carbocycles. The fraction of sp³-hybridized carbons (Fsp3) is 0.545. The first kappa shape index (κ1) is 11.3. The van der Waals surface area contributed by atoms with Crippen molar-refractivity contribution in [1.82, 2.24) is 4.98 Å². The van der Waals surface area contributed by atoms with Crippen molar-refractivity contribution in [1.29, 1.82) is 0 Å². The molecule has 0 aliphatic carbocycles. The molecule has 0 bridgehead atoms. The molecule has 78 valence electrons. The molecular weight excluding hydrogens is 196 g/mol. The van der Waals surface area contributed by atoms with Crippen LogP contribution in [-0.4, -0.2) is 18.1 Å². The summed E-state index contributed by atoms with van der Waals surface area (Å²) in [5.74, 6) is 1.58. The zero-order valence-corrected chi connectivity index (χ0v) is 9.80. The highest BCUT2D eigenvalue weighted by Gasteiger charge is 2.05. The van der Waals surface area contributed by atoms with Gasteiger partial charge in [-0.15, -0.1) is 11.6 Å². The molecule has 0 saturated carbocycles. The van der Waals surface area contributed by atoms with Crippen molar-refractivity contribution in [3.63, 3.8) is 0 Å². The summed E-state index contributed by atoms with van der Waals surface area (Å²) in [6.07, 6.45) is 1.87. The van der Waals surface area contributed by atoms with Gasteiger partial charge in [0, 0.05) is 25.2 Å². The second-order valence-electron chi connectivity index (χ2n) is 3.27. The molecule has 0 atom stereocenters. The van der Waals surface area contributed by atoms with Gasteiger partial charge in [0.2, 0.25) is 0 Å². The van der Waals surface area contributed by atoms with Gasteiger partial charge in [0.15, 0.2) is 0 Å². The van der Waals surface area contributed by atoms with Gasteiger partial charge in [-0.1, -0.05) is 0 Å². The lowest BCUT2D eigenvalue weighted by molar-refractivity contribution is 0.843. The molecule has 0 amide bonds. The fourth-order valence-corrected chi connectivity index (χ4v) is 1.71. The second-order valence-corrected chi connectivity index (χ2v) is 3.54. The Hall–Kier alpha value is -0.760. The molecule has 0 aliphatic heterocycles. The van der Waals surface area contributed by atoms with E-state index in [1.54, 1.807) is 0 Å². The van der Waals surface area contributed by atoms with Gasteiger partial charge in [-0.3, -0.25) is 0 Å². The molecule has 0 aliphatic rings. The summed E-state index contributed by atoms with van der Waals surface area (Å²) < 4.78 is 0. The van der Waals surface area contributed by atoms with Gasteiger partial charge in [0.05, 0.1) is 0 Å². The number of aromatic nitrogens is 1. The molecule has 0 saturated heterocycles. The summed E-state index contributed by atoms with van der Waals surface area (Å²) >= 11 is 5.78. The normalized spacial score (nSPS) is 10.3. The minimum absolute atomic E-state index is 0.539. The molecule has 2 nitrogen and oxygen atoms in total. The van der Waals surface area contributed by atoms with E-state index in [1.807, 2.05) is 6.20 Å². The van der Waals surface area contributed by atoms with E-state index in [2.05, 4.69) is 36.7 Å². The molecule has 0 fully saturated rings. The van der Waals surface area contributed by atoms with Crippen molar-refractivity contribution in [2.24, 2.45) is 0 Å². The molecule has 1 heterocycles. The number of aryl methyl sites for hydroxylation is 1. The van der Waals surface area contributed by atoms with Gasteiger partial charge >= 0.3 is 0 Å². The smallest absolute Gasteiger partial charge is 0.128 e. The monoisotopic (exact) mass is 212 g/mol. The molecule has 0 spiro atoms. The SMILES string of the molecule is CCN(CC)c1cc(C)c(CCl)cn1. The van der Waals surface area contributed by atoms with E-state index in [-0.39, 0.29) is 0 Å². The third kappa shape index (κ3) is 2.38. The second kappa shape index (κ2) is 5.20. The number of pyridine rings is 1. The maximum atomic E-state index is 5.78. The number of halogens is 1. The van der Waals surface area contributed by atoms with Crippen LogP contribution in [0.1, 0.15) is 25.0 Å². The van der Waals surface area contributed by atoms with Crippen molar-refractivity contribution < 1.29 is 0 Å². The van der Waals surface area contributed by atoms with Gasteiger partial charge in [-0.2, -0.15) is 0 Å². The summed E-state index contributed by atoms with van der Waals surface area (Å²) in [6, 6.07) is 2.10. The first-order valence-corrected chi connectivity index (χ1v) is 5.52. The lowest BCUT2D eigenvalue weighted by Gasteiger charge is -2.20. The van der Waals surface area contributed by atoms with Gasteiger partial charge < -0.3 is 4.90 Å². The lowest BCUT2D eigenvalue weighted by Crippen LogP contribution is -2.23. The predicted octanol–water partition coefficient (Wildman–Crippen LogP) is 2.98. The highest BCUT2D eigenvalue weighted by molar-refractivity contribution is 6.17. The minimum atomic E-state index is 0.539. The average Bonchev–Trinajstić information content (AvgIpc) is 2.20. The quantitative estimate of drug-likeness (QED) is 0.714. The van der Waals surface area contributed by atoms with E-state index in [9.17, 15) is 0 Å². The number of nitrogens with zero attached hydrogens (tertiary/aromatic N) is 2. The van der Waals surface area contributed by atoms with E-state index in [0.29, 0.717) is 5.88 Å². The standard InChI is InChI=1S/C11H17ClN2/c1-4-14(5-2)11-6-9(3)10(7-12)8-13-11/h6,8H,4-5,7H2,1-3H3. The Bertz CT molecular complexity index is 295. The topological polar surface area (TPSA) is 16.1 Å².